The van der Waals surface area contributed by atoms with Gasteiger partial charge >= 0.3 is 0 Å². The quantitative estimate of drug-likeness (QED) is 0.777. The molecule has 1 aromatic rings. The Hall–Kier alpha value is -1.02. The van der Waals surface area contributed by atoms with Crippen LogP contribution in [0.25, 0.3) is 0 Å². The average molecular weight is 207 g/mol. The molecule has 0 aromatic heterocycles. The molecule has 0 radical (unpaired) electrons. The number of hydrogen-bond donors (Lipinski definition) is 2. The minimum Gasteiger partial charge on any atom is -0.508 e. The van der Waals surface area contributed by atoms with Crippen LogP contribution in [0.15, 0.2) is 24.3 Å². The first-order valence-corrected chi connectivity index (χ1v) is 5.73. The maximum atomic E-state index is 9.70. The van der Waals surface area contributed by atoms with Crippen LogP contribution < -0.4 is 5.32 Å². The molecule has 1 aromatic carbocycles. The Bertz CT molecular complexity index is 294. The molecule has 1 atom stereocenters. The standard InChI is InChI=1S/C13H21NO/c1-4-11(5-2)14-10(3)12-8-6-7-9-13(12)15/h6-11,14-15H,4-5H2,1-3H3/t10-/m0/s1. The molecule has 0 bridgehead atoms. The predicted molar refractivity (Wildman–Crippen MR) is 64.0 cm³/mol. The van der Waals surface area contributed by atoms with E-state index < -0.39 is 0 Å². The van der Waals surface area contributed by atoms with Crippen molar-refractivity contribution >= 4 is 0 Å². The second kappa shape index (κ2) is 5.76. The van der Waals surface area contributed by atoms with Crippen molar-refractivity contribution in [2.75, 3.05) is 0 Å². The van der Waals surface area contributed by atoms with Gasteiger partial charge in [0.1, 0.15) is 5.75 Å². The molecular formula is C13H21NO. The van der Waals surface area contributed by atoms with Gasteiger partial charge in [-0.3, -0.25) is 0 Å². The van der Waals surface area contributed by atoms with Crippen molar-refractivity contribution in [2.24, 2.45) is 0 Å². The fourth-order valence-electron chi connectivity index (χ4n) is 1.82. The maximum absolute atomic E-state index is 9.70. The third kappa shape index (κ3) is 3.24. The molecule has 0 unspecified atom stereocenters. The van der Waals surface area contributed by atoms with Crippen LogP contribution in [0.2, 0.25) is 0 Å². The highest BCUT2D eigenvalue weighted by Crippen LogP contribution is 2.23. The van der Waals surface area contributed by atoms with Gasteiger partial charge in [-0.05, 0) is 25.8 Å². The van der Waals surface area contributed by atoms with Crippen LogP contribution in [-0.2, 0) is 0 Å². The largest absolute Gasteiger partial charge is 0.508 e. The van der Waals surface area contributed by atoms with Gasteiger partial charge in [0, 0.05) is 17.6 Å². The zero-order valence-electron chi connectivity index (χ0n) is 9.83. The third-order valence-corrected chi connectivity index (χ3v) is 2.87. The van der Waals surface area contributed by atoms with Crippen LogP contribution in [0, 0.1) is 0 Å². The number of benzene rings is 1. The predicted octanol–water partition coefficient (Wildman–Crippen LogP) is 3.23. The van der Waals surface area contributed by atoms with Crippen molar-refractivity contribution in [1.82, 2.24) is 5.32 Å². The van der Waals surface area contributed by atoms with Gasteiger partial charge in [0.15, 0.2) is 0 Å². The molecule has 2 N–H and O–H groups in total. The molecule has 0 aliphatic heterocycles. The summed E-state index contributed by atoms with van der Waals surface area (Å²) in [5, 5.41) is 13.2. The van der Waals surface area contributed by atoms with E-state index >= 15 is 0 Å². The summed E-state index contributed by atoms with van der Waals surface area (Å²) in [7, 11) is 0. The topological polar surface area (TPSA) is 32.3 Å². The lowest BCUT2D eigenvalue weighted by molar-refractivity contribution is 0.411. The average Bonchev–Trinajstić information content (AvgIpc) is 2.26. The van der Waals surface area contributed by atoms with Gasteiger partial charge in [0.05, 0.1) is 0 Å². The molecule has 84 valence electrons. The number of aromatic hydroxyl groups is 1. The number of nitrogens with one attached hydrogen (secondary N) is 1. The highest BCUT2D eigenvalue weighted by Gasteiger charge is 2.12. The lowest BCUT2D eigenvalue weighted by Crippen LogP contribution is -2.30. The second-order valence-electron chi connectivity index (χ2n) is 3.96. The van der Waals surface area contributed by atoms with E-state index in [0.29, 0.717) is 11.8 Å². The summed E-state index contributed by atoms with van der Waals surface area (Å²) in [5.74, 6) is 0.378. The molecule has 2 heteroatoms. The molecule has 0 saturated carbocycles. The van der Waals surface area contributed by atoms with E-state index in [1.807, 2.05) is 18.2 Å². The summed E-state index contributed by atoms with van der Waals surface area (Å²) in [6.07, 6.45) is 2.24. The van der Waals surface area contributed by atoms with Gasteiger partial charge in [-0.1, -0.05) is 32.0 Å². The first kappa shape index (κ1) is 12.1. The van der Waals surface area contributed by atoms with Crippen molar-refractivity contribution in [1.29, 1.82) is 0 Å². The van der Waals surface area contributed by atoms with Gasteiger partial charge in [-0.2, -0.15) is 0 Å². The molecule has 0 heterocycles. The first-order valence-electron chi connectivity index (χ1n) is 5.73. The van der Waals surface area contributed by atoms with Crippen LogP contribution in [0.4, 0.5) is 0 Å². The minimum atomic E-state index is 0.205. The molecule has 2 nitrogen and oxygen atoms in total. The molecule has 1 rings (SSSR count). The van der Waals surface area contributed by atoms with E-state index in [-0.39, 0.29) is 6.04 Å². The Morgan fingerprint density at radius 3 is 2.33 bits per heavy atom. The Balaban J connectivity index is 2.68. The van der Waals surface area contributed by atoms with E-state index in [9.17, 15) is 5.11 Å². The van der Waals surface area contributed by atoms with E-state index in [1.54, 1.807) is 6.07 Å². The summed E-state index contributed by atoms with van der Waals surface area (Å²) in [6, 6.07) is 8.24. The smallest absolute Gasteiger partial charge is 0.120 e. The van der Waals surface area contributed by atoms with Crippen molar-refractivity contribution < 1.29 is 5.11 Å². The normalized spacial score (nSPS) is 13.1. The first-order chi connectivity index (χ1) is 7.19. The van der Waals surface area contributed by atoms with Gasteiger partial charge in [-0.15, -0.1) is 0 Å². The van der Waals surface area contributed by atoms with Crippen molar-refractivity contribution in [3.63, 3.8) is 0 Å². The maximum Gasteiger partial charge on any atom is 0.120 e. The SMILES string of the molecule is CCC(CC)N[C@@H](C)c1ccccc1O. The van der Waals surface area contributed by atoms with Gasteiger partial charge < -0.3 is 10.4 Å². The minimum absolute atomic E-state index is 0.205. The van der Waals surface area contributed by atoms with Crippen LogP contribution in [0.5, 0.6) is 5.75 Å². The second-order valence-corrected chi connectivity index (χ2v) is 3.96. The van der Waals surface area contributed by atoms with E-state index in [2.05, 4.69) is 26.1 Å². The Labute approximate surface area is 92.3 Å². The summed E-state index contributed by atoms with van der Waals surface area (Å²) in [4.78, 5) is 0. The fourth-order valence-corrected chi connectivity index (χ4v) is 1.82. The summed E-state index contributed by atoms with van der Waals surface area (Å²) >= 11 is 0. The third-order valence-electron chi connectivity index (χ3n) is 2.87. The van der Waals surface area contributed by atoms with Crippen LogP contribution >= 0.6 is 0 Å². The Morgan fingerprint density at radius 1 is 1.20 bits per heavy atom. The van der Waals surface area contributed by atoms with Crippen molar-refractivity contribution in [3.05, 3.63) is 29.8 Å². The molecule has 15 heavy (non-hydrogen) atoms. The van der Waals surface area contributed by atoms with E-state index in [0.717, 1.165) is 18.4 Å². The number of rotatable bonds is 5. The monoisotopic (exact) mass is 207 g/mol. The van der Waals surface area contributed by atoms with E-state index in [4.69, 9.17) is 0 Å². The number of hydrogen-bond acceptors (Lipinski definition) is 2. The van der Waals surface area contributed by atoms with Crippen LogP contribution in [0.3, 0.4) is 0 Å². The number of phenolic OH excluding ortho intramolecular Hbond substituents is 1. The summed E-state index contributed by atoms with van der Waals surface area (Å²) < 4.78 is 0. The van der Waals surface area contributed by atoms with Gasteiger partial charge in [0.25, 0.3) is 0 Å². The zero-order chi connectivity index (χ0) is 11.3. The summed E-state index contributed by atoms with van der Waals surface area (Å²) in [6.45, 7) is 6.45. The molecule has 0 aliphatic rings. The number of para-hydroxylation sites is 1. The van der Waals surface area contributed by atoms with Crippen LogP contribution in [0.1, 0.15) is 45.2 Å². The van der Waals surface area contributed by atoms with Gasteiger partial charge in [-0.25, -0.2) is 0 Å². The molecule has 0 spiro atoms. The molecule has 0 amide bonds. The van der Waals surface area contributed by atoms with Crippen LogP contribution in [-0.4, -0.2) is 11.1 Å². The zero-order valence-corrected chi connectivity index (χ0v) is 9.83. The Morgan fingerprint density at radius 2 is 1.80 bits per heavy atom. The molecule has 0 aliphatic carbocycles. The molecular weight excluding hydrogens is 186 g/mol. The van der Waals surface area contributed by atoms with E-state index in [1.165, 1.54) is 0 Å². The summed E-state index contributed by atoms with van der Waals surface area (Å²) in [5.41, 5.74) is 0.976. The van der Waals surface area contributed by atoms with Gasteiger partial charge in [0.2, 0.25) is 0 Å². The Kier molecular flexibility index (Phi) is 4.63. The van der Waals surface area contributed by atoms with Crippen molar-refractivity contribution in [3.8, 4) is 5.75 Å². The van der Waals surface area contributed by atoms with Crippen molar-refractivity contribution in [2.45, 2.75) is 45.7 Å². The number of phenols is 1. The molecule has 0 fully saturated rings. The lowest BCUT2D eigenvalue weighted by Gasteiger charge is -2.21. The molecule has 0 saturated heterocycles. The highest BCUT2D eigenvalue weighted by molar-refractivity contribution is 5.34. The lowest BCUT2D eigenvalue weighted by atomic mass is 10.0. The fraction of sp³-hybridized carbons (Fsp3) is 0.538. The highest BCUT2D eigenvalue weighted by atomic mass is 16.3.